The fourth-order valence-corrected chi connectivity index (χ4v) is 2.69. The third kappa shape index (κ3) is 4.45. The van der Waals surface area contributed by atoms with E-state index in [4.69, 9.17) is 9.47 Å². The molecule has 1 aromatic carbocycles. The second kappa shape index (κ2) is 8.43. The van der Waals surface area contributed by atoms with E-state index in [1.807, 2.05) is 29.2 Å². The molecule has 0 atom stereocenters. The largest absolute Gasteiger partial charge is 0.496 e. The van der Waals surface area contributed by atoms with Crippen LogP contribution < -0.4 is 15.0 Å². The van der Waals surface area contributed by atoms with Crippen LogP contribution in [0.25, 0.3) is 0 Å². The predicted molar refractivity (Wildman–Crippen MR) is 94.1 cm³/mol. The maximum absolute atomic E-state index is 12.2. The van der Waals surface area contributed by atoms with Crippen LogP contribution in [0.3, 0.4) is 0 Å². The average molecular weight is 342 g/mol. The van der Waals surface area contributed by atoms with Crippen molar-refractivity contribution in [2.75, 3.05) is 44.9 Å². The molecule has 7 nitrogen and oxygen atoms in total. The summed E-state index contributed by atoms with van der Waals surface area (Å²) in [6, 6.07) is 7.78. The van der Waals surface area contributed by atoms with Crippen LogP contribution in [-0.4, -0.2) is 55.8 Å². The molecular weight excluding hydrogens is 320 g/mol. The number of ether oxygens (including phenoxy) is 2. The van der Waals surface area contributed by atoms with Gasteiger partial charge < -0.3 is 19.7 Å². The Morgan fingerprint density at radius 2 is 1.96 bits per heavy atom. The van der Waals surface area contributed by atoms with Crippen molar-refractivity contribution in [3.63, 3.8) is 0 Å². The summed E-state index contributed by atoms with van der Waals surface area (Å²) in [5.41, 5.74) is 1.52. The molecular formula is C18H22N4O3. The lowest BCUT2D eigenvalue weighted by atomic mass is 10.1. The van der Waals surface area contributed by atoms with Crippen LogP contribution in [-0.2, 0) is 11.2 Å². The van der Waals surface area contributed by atoms with Gasteiger partial charge in [0.1, 0.15) is 5.75 Å². The van der Waals surface area contributed by atoms with E-state index in [9.17, 15) is 4.79 Å². The van der Waals surface area contributed by atoms with Crippen molar-refractivity contribution >= 4 is 11.9 Å². The van der Waals surface area contributed by atoms with Gasteiger partial charge in [0.25, 0.3) is 5.91 Å². The lowest BCUT2D eigenvalue weighted by Crippen LogP contribution is -2.37. The molecule has 3 rings (SSSR count). The number of aromatic nitrogens is 2. The van der Waals surface area contributed by atoms with Gasteiger partial charge >= 0.3 is 0 Å². The Bertz CT molecular complexity index is 700. The molecule has 1 aliphatic rings. The summed E-state index contributed by atoms with van der Waals surface area (Å²) < 4.78 is 10.6. The molecule has 132 valence electrons. The van der Waals surface area contributed by atoms with Crippen LogP contribution in [0.5, 0.6) is 5.75 Å². The quantitative estimate of drug-likeness (QED) is 0.853. The summed E-state index contributed by atoms with van der Waals surface area (Å²) in [6.45, 7) is 3.41. The van der Waals surface area contributed by atoms with Crippen molar-refractivity contribution in [1.29, 1.82) is 0 Å². The standard InChI is InChI=1S/C18H22N4O3/c1-24-16-5-3-2-4-14(16)6-7-19-17(23)15-12-20-18(21-13-15)22-8-10-25-11-9-22/h2-5,12-13H,6-11H2,1H3,(H,19,23). The van der Waals surface area contributed by atoms with Gasteiger partial charge in [-0.15, -0.1) is 0 Å². The Labute approximate surface area is 147 Å². The van der Waals surface area contributed by atoms with Gasteiger partial charge in [-0.2, -0.15) is 0 Å². The number of nitrogens with zero attached hydrogens (tertiary/aromatic N) is 3. The van der Waals surface area contributed by atoms with Gasteiger partial charge in [-0.25, -0.2) is 9.97 Å². The van der Waals surface area contributed by atoms with E-state index >= 15 is 0 Å². The maximum Gasteiger partial charge on any atom is 0.254 e. The Morgan fingerprint density at radius 1 is 1.24 bits per heavy atom. The van der Waals surface area contributed by atoms with Crippen LogP contribution >= 0.6 is 0 Å². The zero-order chi connectivity index (χ0) is 17.5. The lowest BCUT2D eigenvalue weighted by molar-refractivity contribution is 0.0953. The number of amides is 1. The number of benzene rings is 1. The highest BCUT2D eigenvalue weighted by molar-refractivity contribution is 5.93. The van der Waals surface area contributed by atoms with Crippen LogP contribution in [0.15, 0.2) is 36.7 Å². The number of hydrogen-bond donors (Lipinski definition) is 1. The molecule has 1 N–H and O–H groups in total. The first-order valence-corrected chi connectivity index (χ1v) is 8.33. The fraction of sp³-hybridized carbons (Fsp3) is 0.389. The summed E-state index contributed by atoms with van der Waals surface area (Å²) in [5, 5.41) is 2.89. The van der Waals surface area contributed by atoms with Gasteiger partial charge in [0.15, 0.2) is 0 Å². The van der Waals surface area contributed by atoms with Crippen LogP contribution in [0.2, 0.25) is 0 Å². The number of para-hydroxylation sites is 1. The number of hydrogen-bond acceptors (Lipinski definition) is 6. The molecule has 1 fully saturated rings. The second-order valence-electron chi connectivity index (χ2n) is 5.69. The van der Waals surface area contributed by atoms with Crippen molar-refractivity contribution in [2.24, 2.45) is 0 Å². The molecule has 1 aliphatic heterocycles. The number of carbonyl (C=O) groups excluding carboxylic acids is 1. The Morgan fingerprint density at radius 3 is 2.68 bits per heavy atom. The Hall–Kier alpha value is -2.67. The molecule has 1 aromatic heterocycles. The first-order valence-electron chi connectivity index (χ1n) is 8.33. The van der Waals surface area contributed by atoms with Gasteiger partial charge in [-0.05, 0) is 18.1 Å². The number of anilines is 1. The molecule has 0 radical (unpaired) electrons. The van der Waals surface area contributed by atoms with E-state index in [0.717, 1.165) is 24.4 Å². The second-order valence-corrected chi connectivity index (χ2v) is 5.69. The minimum absolute atomic E-state index is 0.177. The molecule has 25 heavy (non-hydrogen) atoms. The Balaban J connectivity index is 1.52. The molecule has 1 saturated heterocycles. The van der Waals surface area contributed by atoms with Gasteiger partial charge in [0.05, 0.1) is 25.9 Å². The summed E-state index contributed by atoms with van der Waals surface area (Å²) in [7, 11) is 1.64. The first-order chi connectivity index (χ1) is 12.3. The molecule has 0 unspecified atom stereocenters. The average Bonchev–Trinajstić information content (AvgIpc) is 2.69. The van der Waals surface area contributed by atoms with Gasteiger partial charge in [0, 0.05) is 32.0 Å². The van der Waals surface area contributed by atoms with E-state index < -0.39 is 0 Å². The van der Waals surface area contributed by atoms with E-state index in [1.54, 1.807) is 19.5 Å². The van der Waals surface area contributed by atoms with Gasteiger partial charge in [0.2, 0.25) is 5.95 Å². The molecule has 0 spiro atoms. The van der Waals surface area contributed by atoms with Crippen molar-refractivity contribution in [3.8, 4) is 5.75 Å². The van der Waals surface area contributed by atoms with Crippen molar-refractivity contribution in [2.45, 2.75) is 6.42 Å². The summed E-state index contributed by atoms with van der Waals surface area (Å²) >= 11 is 0. The molecule has 0 bridgehead atoms. The van der Waals surface area contributed by atoms with Gasteiger partial charge in [-0.1, -0.05) is 18.2 Å². The summed E-state index contributed by atoms with van der Waals surface area (Å²) in [5.74, 6) is 1.28. The minimum atomic E-state index is -0.177. The molecule has 7 heteroatoms. The van der Waals surface area contributed by atoms with E-state index in [2.05, 4.69) is 15.3 Å². The lowest BCUT2D eigenvalue weighted by Gasteiger charge is -2.26. The minimum Gasteiger partial charge on any atom is -0.496 e. The molecule has 1 amide bonds. The van der Waals surface area contributed by atoms with Crippen LogP contribution in [0, 0.1) is 0 Å². The highest BCUT2D eigenvalue weighted by Crippen LogP contribution is 2.17. The van der Waals surface area contributed by atoms with Crippen molar-refractivity contribution < 1.29 is 14.3 Å². The van der Waals surface area contributed by atoms with Crippen molar-refractivity contribution in [1.82, 2.24) is 15.3 Å². The number of methoxy groups -OCH3 is 1. The Kier molecular flexibility index (Phi) is 5.79. The number of carbonyl (C=O) groups is 1. The zero-order valence-corrected chi connectivity index (χ0v) is 14.3. The first kappa shape index (κ1) is 17.2. The smallest absolute Gasteiger partial charge is 0.254 e. The molecule has 2 heterocycles. The SMILES string of the molecule is COc1ccccc1CCNC(=O)c1cnc(N2CCOCC2)nc1. The highest BCUT2D eigenvalue weighted by Gasteiger charge is 2.14. The third-order valence-electron chi connectivity index (χ3n) is 4.07. The molecule has 2 aromatic rings. The number of nitrogens with one attached hydrogen (secondary N) is 1. The highest BCUT2D eigenvalue weighted by atomic mass is 16.5. The normalized spacial score (nSPS) is 14.2. The monoisotopic (exact) mass is 342 g/mol. The van der Waals surface area contributed by atoms with Gasteiger partial charge in [-0.3, -0.25) is 4.79 Å². The third-order valence-corrected chi connectivity index (χ3v) is 4.07. The van der Waals surface area contributed by atoms with Crippen molar-refractivity contribution in [3.05, 3.63) is 47.8 Å². The topological polar surface area (TPSA) is 76.6 Å². The summed E-state index contributed by atoms with van der Waals surface area (Å²) in [6.07, 6.45) is 3.83. The maximum atomic E-state index is 12.2. The van der Waals surface area contributed by atoms with Crippen LogP contribution in [0.4, 0.5) is 5.95 Å². The van der Waals surface area contributed by atoms with E-state index in [1.165, 1.54) is 0 Å². The molecule has 0 saturated carbocycles. The fourth-order valence-electron chi connectivity index (χ4n) is 2.69. The van der Waals surface area contributed by atoms with E-state index in [-0.39, 0.29) is 5.91 Å². The predicted octanol–water partition coefficient (Wildman–Crippen LogP) is 1.29. The number of rotatable bonds is 6. The summed E-state index contributed by atoms with van der Waals surface area (Å²) in [4.78, 5) is 22.9. The number of morpholine rings is 1. The van der Waals surface area contributed by atoms with E-state index in [0.29, 0.717) is 37.7 Å². The molecule has 0 aliphatic carbocycles. The van der Waals surface area contributed by atoms with Crippen LogP contribution in [0.1, 0.15) is 15.9 Å². The zero-order valence-electron chi connectivity index (χ0n) is 14.3.